The minimum absolute atomic E-state index is 0.0353. The maximum Gasteiger partial charge on any atom is 0.248 e. The molecule has 1 heterocycles. The van der Waals surface area contributed by atoms with Crippen molar-refractivity contribution in [3.8, 4) is 5.75 Å². The third-order valence-electron chi connectivity index (χ3n) is 4.48. The summed E-state index contributed by atoms with van der Waals surface area (Å²) in [5.74, 6) is 0.0149. The van der Waals surface area contributed by atoms with Gasteiger partial charge < -0.3 is 20.1 Å². The molecule has 2 aromatic rings. The van der Waals surface area contributed by atoms with Crippen LogP contribution in [0.4, 0.5) is 17.1 Å². The number of aliphatic imine (C=N–C) groups is 1. The number of hydrogen-bond donors (Lipinski definition) is 2. The largest absolute Gasteiger partial charge is 0.507 e. The zero-order chi connectivity index (χ0) is 21.0. The Morgan fingerprint density at radius 3 is 2.45 bits per heavy atom. The SMILES string of the molecule is CCNC(=O)C1N=C(c2ccc(N=Nc3ccc(N(C)C)cc3)cc2O)O[C@H]1C. The number of carbonyl (C=O) groups excluding carboxylic acids is 1. The number of amides is 1. The maximum atomic E-state index is 12.1. The van der Waals surface area contributed by atoms with E-state index >= 15 is 0 Å². The van der Waals surface area contributed by atoms with Crippen LogP contribution < -0.4 is 10.2 Å². The van der Waals surface area contributed by atoms with E-state index in [0.29, 0.717) is 23.5 Å². The monoisotopic (exact) mass is 395 g/mol. The molecule has 0 aliphatic carbocycles. The van der Waals surface area contributed by atoms with Gasteiger partial charge in [-0.3, -0.25) is 4.79 Å². The molecule has 0 saturated heterocycles. The molecule has 8 nitrogen and oxygen atoms in total. The van der Waals surface area contributed by atoms with E-state index in [1.54, 1.807) is 19.1 Å². The standard InChI is InChI=1S/C21H25N5O3/c1-5-22-20(28)19-13(2)29-21(23-19)17-11-8-15(12-18(17)27)25-24-14-6-9-16(10-7-14)26(3)4/h6-13,19,27H,5H2,1-4H3,(H,22,28)/t13-,19?/m0/s1. The van der Waals surface area contributed by atoms with E-state index in [2.05, 4.69) is 20.5 Å². The number of ether oxygens (including phenoxy) is 1. The molecule has 1 unspecified atom stereocenters. The van der Waals surface area contributed by atoms with Gasteiger partial charge in [-0.2, -0.15) is 10.2 Å². The highest BCUT2D eigenvalue weighted by atomic mass is 16.5. The van der Waals surface area contributed by atoms with E-state index in [1.807, 2.05) is 50.2 Å². The fourth-order valence-corrected chi connectivity index (χ4v) is 2.88. The van der Waals surface area contributed by atoms with Gasteiger partial charge in [0.15, 0.2) is 6.04 Å². The smallest absolute Gasteiger partial charge is 0.248 e. The number of azo groups is 1. The highest BCUT2D eigenvalue weighted by Gasteiger charge is 2.34. The van der Waals surface area contributed by atoms with Crippen LogP contribution in [0.5, 0.6) is 5.75 Å². The zero-order valence-corrected chi connectivity index (χ0v) is 17.0. The number of carbonyl (C=O) groups is 1. The zero-order valence-electron chi connectivity index (χ0n) is 17.0. The van der Waals surface area contributed by atoms with Crippen LogP contribution in [0.1, 0.15) is 19.4 Å². The number of phenols is 1. The van der Waals surface area contributed by atoms with Gasteiger partial charge in [0.1, 0.15) is 11.9 Å². The summed E-state index contributed by atoms with van der Waals surface area (Å²) in [5.41, 5.74) is 2.69. The second kappa shape index (κ2) is 8.72. The van der Waals surface area contributed by atoms with E-state index in [0.717, 1.165) is 5.69 Å². The number of hydrogen-bond acceptors (Lipinski definition) is 7. The third kappa shape index (κ3) is 4.71. The summed E-state index contributed by atoms with van der Waals surface area (Å²) in [4.78, 5) is 18.4. The molecule has 1 aliphatic rings. The summed E-state index contributed by atoms with van der Waals surface area (Å²) in [7, 11) is 3.94. The average molecular weight is 395 g/mol. The molecule has 2 N–H and O–H groups in total. The van der Waals surface area contributed by atoms with Crippen LogP contribution in [-0.4, -0.2) is 49.7 Å². The van der Waals surface area contributed by atoms with Crippen LogP contribution in [0.15, 0.2) is 57.7 Å². The van der Waals surface area contributed by atoms with Crippen molar-refractivity contribution in [1.82, 2.24) is 5.32 Å². The number of aromatic hydroxyl groups is 1. The van der Waals surface area contributed by atoms with Gasteiger partial charge in [-0.15, -0.1) is 0 Å². The molecular weight excluding hydrogens is 370 g/mol. The van der Waals surface area contributed by atoms with Crippen molar-refractivity contribution in [2.75, 3.05) is 25.5 Å². The summed E-state index contributed by atoms with van der Waals surface area (Å²) in [5, 5.41) is 21.5. The van der Waals surface area contributed by atoms with Crippen molar-refractivity contribution in [3.63, 3.8) is 0 Å². The molecule has 0 radical (unpaired) electrons. The van der Waals surface area contributed by atoms with Crippen LogP contribution >= 0.6 is 0 Å². The Morgan fingerprint density at radius 1 is 1.17 bits per heavy atom. The Morgan fingerprint density at radius 2 is 1.83 bits per heavy atom. The van der Waals surface area contributed by atoms with Crippen molar-refractivity contribution < 1.29 is 14.6 Å². The van der Waals surface area contributed by atoms with Gasteiger partial charge in [0.25, 0.3) is 0 Å². The number of benzene rings is 2. The van der Waals surface area contributed by atoms with Gasteiger partial charge >= 0.3 is 0 Å². The lowest BCUT2D eigenvalue weighted by molar-refractivity contribution is -0.123. The first kappa shape index (κ1) is 20.3. The van der Waals surface area contributed by atoms with Crippen molar-refractivity contribution in [2.45, 2.75) is 26.0 Å². The summed E-state index contributed by atoms with van der Waals surface area (Å²) in [6, 6.07) is 11.9. The number of nitrogens with one attached hydrogen (secondary N) is 1. The molecule has 8 heteroatoms. The van der Waals surface area contributed by atoms with Crippen molar-refractivity contribution in [1.29, 1.82) is 0 Å². The Bertz CT molecular complexity index is 938. The molecule has 3 rings (SSSR count). The molecule has 0 spiro atoms. The van der Waals surface area contributed by atoms with E-state index in [1.165, 1.54) is 6.07 Å². The quantitative estimate of drug-likeness (QED) is 0.731. The van der Waals surface area contributed by atoms with Crippen LogP contribution in [0.25, 0.3) is 0 Å². The lowest BCUT2D eigenvalue weighted by atomic mass is 10.2. The fourth-order valence-electron chi connectivity index (χ4n) is 2.88. The molecule has 2 atom stereocenters. The van der Waals surface area contributed by atoms with E-state index in [-0.39, 0.29) is 17.6 Å². The average Bonchev–Trinajstić information content (AvgIpc) is 3.08. The molecule has 2 aromatic carbocycles. The normalized spacial score (nSPS) is 18.4. The molecule has 0 fully saturated rings. The minimum Gasteiger partial charge on any atom is -0.507 e. The van der Waals surface area contributed by atoms with Crippen LogP contribution in [0.3, 0.4) is 0 Å². The maximum absolute atomic E-state index is 12.1. The van der Waals surface area contributed by atoms with Crippen molar-refractivity contribution in [3.05, 3.63) is 48.0 Å². The molecule has 1 aliphatic heterocycles. The predicted octanol–water partition coefficient (Wildman–Crippen LogP) is 3.54. The highest BCUT2D eigenvalue weighted by molar-refractivity contribution is 6.01. The van der Waals surface area contributed by atoms with Gasteiger partial charge in [0.2, 0.25) is 11.8 Å². The highest BCUT2D eigenvalue weighted by Crippen LogP contribution is 2.29. The number of likely N-dealkylation sites (N-methyl/N-ethyl adjacent to an activating group) is 1. The topological polar surface area (TPSA) is 98.9 Å². The van der Waals surface area contributed by atoms with Gasteiger partial charge in [-0.1, -0.05) is 0 Å². The van der Waals surface area contributed by atoms with E-state index in [9.17, 15) is 9.90 Å². The summed E-state index contributed by atoms with van der Waals surface area (Å²) in [6.45, 7) is 4.14. The molecule has 1 amide bonds. The van der Waals surface area contributed by atoms with E-state index < -0.39 is 12.1 Å². The number of rotatable bonds is 6. The predicted molar refractivity (Wildman–Crippen MR) is 113 cm³/mol. The molecule has 0 bridgehead atoms. The Balaban J connectivity index is 1.75. The van der Waals surface area contributed by atoms with Crippen molar-refractivity contribution >= 4 is 28.9 Å². The fraction of sp³-hybridized carbons (Fsp3) is 0.333. The summed E-state index contributed by atoms with van der Waals surface area (Å²) < 4.78 is 5.68. The first-order chi connectivity index (χ1) is 13.9. The van der Waals surface area contributed by atoms with Crippen molar-refractivity contribution in [2.24, 2.45) is 15.2 Å². The van der Waals surface area contributed by atoms with Crippen LogP contribution in [-0.2, 0) is 9.53 Å². The van der Waals surface area contributed by atoms with Gasteiger partial charge in [-0.25, -0.2) is 4.99 Å². The summed E-state index contributed by atoms with van der Waals surface area (Å²) in [6.07, 6.45) is -0.402. The molecule has 29 heavy (non-hydrogen) atoms. The Hall–Kier alpha value is -3.42. The van der Waals surface area contributed by atoms with Gasteiger partial charge in [-0.05, 0) is 50.2 Å². The minimum atomic E-state index is -0.631. The summed E-state index contributed by atoms with van der Waals surface area (Å²) >= 11 is 0. The first-order valence-corrected chi connectivity index (χ1v) is 9.43. The van der Waals surface area contributed by atoms with Crippen LogP contribution in [0, 0.1) is 0 Å². The number of anilines is 1. The lowest BCUT2D eigenvalue weighted by Gasteiger charge is -2.12. The molecular formula is C21H25N5O3. The van der Waals surface area contributed by atoms with Crippen LogP contribution in [0.2, 0.25) is 0 Å². The first-order valence-electron chi connectivity index (χ1n) is 9.43. The lowest BCUT2D eigenvalue weighted by Crippen LogP contribution is -2.38. The number of phenolic OH excluding ortho intramolecular Hbond substituents is 1. The second-order valence-corrected chi connectivity index (χ2v) is 6.91. The molecule has 0 saturated carbocycles. The Kier molecular flexibility index (Phi) is 6.11. The molecule has 152 valence electrons. The second-order valence-electron chi connectivity index (χ2n) is 6.91. The van der Waals surface area contributed by atoms with Gasteiger partial charge in [0.05, 0.1) is 16.9 Å². The number of nitrogens with zero attached hydrogens (tertiary/aromatic N) is 4. The Labute approximate surface area is 169 Å². The van der Waals surface area contributed by atoms with E-state index in [4.69, 9.17) is 4.74 Å². The molecule has 0 aromatic heterocycles. The third-order valence-corrected chi connectivity index (χ3v) is 4.48. The van der Waals surface area contributed by atoms with Gasteiger partial charge in [0, 0.05) is 32.4 Å².